The van der Waals surface area contributed by atoms with Crippen LogP contribution in [0, 0.1) is 0 Å². The van der Waals surface area contributed by atoms with E-state index in [1.807, 2.05) is 24.3 Å². The number of amides is 2. The molecular formula is C15H15N3O2. The first-order valence-corrected chi connectivity index (χ1v) is 6.47. The van der Waals surface area contributed by atoms with Crippen molar-refractivity contribution in [2.45, 2.75) is 18.6 Å². The van der Waals surface area contributed by atoms with Crippen LogP contribution in [0.3, 0.4) is 0 Å². The molecule has 5 heteroatoms. The number of carbonyl (C=O) groups is 1. The third-order valence-corrected chi connectivity index (χ3v) is 3.43. The third-order valence-electron chi connectivity index (χ3n) is 3.43. The topological polar surface area (TPSA) is 74.2 Å². The van der Waals surface area contributed by atoms with Crippen LogP contribution in [0.15, 0.2) is 48.8 Å². The molecule has 1 aromatic heterocycles. The van der Waals surface area contributed by atoms with E-state index in [0.29, 0.717) is 12.1 Å². The Kier molecular flexibility index (Phi) is 3.35. The van der Waals surface area contributed by atoms with Gasteiger partial charge in [0.1, 0.15) is 0 Å². The van der Waals surface area contributed by atoms with E-state index < -0.39 is 6.10 Å². The quantitative estimate of drug-likeness (QED) is 0.779. The number of hydrogen-bond donors (Lipinski definition) is 3. The van der Waals surface area contributed by atoms with E-state index in [2.05, 4.69) is 15.6 Å². The number of aliphatic hydroxyl groups excluding tert-OH is 1. The summed E-state index contributed by atoms with van der Waals surface area (Å²) >= 11 is 0. The first kappa shape index (κ1) is 12.6. The van der Waals surface area contributed by atoms with Gasteiger partial charge in [-0.1, -0.05) is 24.3 Å². The van der Waals surface area contributed by atoms with Crippen molar-refractivity contribution in [1.29, 1.82) is 0 Å². The number of aliphatic hydroxyl groups is 1. The van der Waals surface area contributed by atoms with Crippen molar-refractivity contribution in [1.82, 2.24) is 10.3 Å². The number of hydrogen-bond acceptors (Lipinski definition) is 3. The molecule has 102 valence electrons. The highest BCUT2D eigenvalue weighted by Crippen LogP contribution is 2.31. The Hall–Kier alpha value is -2.40. The number of benzene rings is 1. The molecule has 5 nitrogen and oxygen atoms in total. The molecule has 1 aromatic carbocycles. The predicted octanol–water partition coefficient (Wildman–Crippen LogP) is 1.86. The van der Waals surface area contributed by atoms with Gasteiger partial charge in [0, 0.05) is 24.5 Å². The first-order chi connectivity index (χ1) is 9.74. The van der Waals surface area contributed by atoms with E-state index in [-0.39, 0.29) is 12.1 Å². The molecule has 0 saturated carbocycles. The average molecular weight is 269 g/mol. The lowest BCUT2D eigenvalue weighted by atomic mass is 10.1. The maximum Gasteiger partial charge on any atom is 0.319 e. The van der Waals surface area contributed by atoms with Gasteiger partial charge in [0.25, 0.3) is 0 Å². The van der Waals surface area contributed by atoms with E-state index in [1.165, 1.54) is 0 Å². The summed E-state index contributed by atoms with van der Waals surface area (Å²) in [4.78, 5) is 15.9. The molecule has 1 aliphatic rings. The van der Waals surface area contributed by atoms with Crippen LogP contribution in [0.4, 0.5) is 10.5 Å². The highest BCUT2D eigenvalue weighted by Gasteiger charge is 2.31. The zero-order chi connectivity index (χ0) is 13.9. The molecule has 0 radical (unpaired) electrons. The van der Waals surface area contributed by atoms with Crippen molar-refractivity contribution >= 4 is 11.7 Å². The smallest absolute Gasteiger partial charge is 0.319 e. The van der Waals surface area contributed by atoms with Gasteiger partial charge in [0.2, 0.25) is 0 Å². The normalized spacial score (nSPS) is 20.2. The van der Waals surface area contributed by atoms with Crippen LogP contribution in [0.1, 0.15) is 17.2 Å². The second-order valence-corrected chi connectivity index (χ2v) is 4.78. The van der Waals surface area contributed by atoms with Crippen molar-refractivity contribution < 1.29 is 9.90 Å². The van der Waals surface area contributed by atoms with Crippen molar-refractivity contribution in [2.24, 2.45) is 0 Å². The molecule has 2 atom stereocenters. The Morgan fingerprint density at radius 1 is 1.20 bits per heavy atom. The number of pyridine rings is 1. The summed E-state index contributed by atoms with van der Waals surface area (Å²) in [5.41, 5.74) is 2.72. The van der Waals surface area contributed by atoms with Crippen LogP contribution in [0.5, 0.6) is 0 Å². The molecule has 1 aliphatic carbocycles. The minimum absolute atomic E-state index is 0.336. The first-order valence-electron chi connectivity index (χ1n) is 6.47. The molecule has 0 spiro atoms. The SMILES string of the molecule is O=C(Nc1ccncc1)N[C@H]1c2ccccc2C[C@H]1O. The molecule has 0 fully saturated rings. The van der Waals surface area contributed by atoms with Crippen LogP contribution in [0.2, 0.25) is 0 Å². The summed E-state index contributed by atoms with van der Waals surface area (Å²) in [5, 5.41) is 15.6. The molecule has 20 heavy (non-hydrogen) atoms. The van der Waals surface area contributed by atoms with Gasteiger partial charge in [0.15, 0.2) is 0 Å². The molecule has 0 bridgehead atoms. The molecule has 3 rings (SSSR count). The zero-order valence-electron chi connectivity index (χ0n) is 10.8. The van der Waals surface area contributed by atoms with Crippen LogP contribution in [-0.4, -0.2) is 22.2 Å². The van der Waals surface area contributed by atoms with Crippen molar-refractivity contribution in [3.05, 3.63) is 59.9 Å². The van der Waals surface area contributed by atoms with Gasteiger partial charge in [-0.05, 0) is 23.3 Å². The maximum atomic E-state index is 12.0. The number of nitrogens with one attached hydrogen (secondary N) is 2. The number of carbonyl (C=O) groups excluding carboxylic acids is 1. The molecule has 1 heterocycles. The summed E-state index contributed by atoms with van der Waals surface area (Å²) in [6, 6.07) is 10.5. The fraction of sp³-hybridized carbons (Fsp3) is 0.200. The van der Waals surface area contributed by atoms with E-state index in [9.17, 15) is 9.90 Å². The van der Waals surface area contributed by atoms with Crippen LogP contribution in [-0.2, 0) is 6.42 Å². The molecule has 0 unspecified atom stereocenters. The number of aromatic nitrogens is 1. The second-order valence-electron chi connectivity index (χ2n) is 4.78. The minimum atomic E-state index is -0.587. The number of nitrogens with zero attached hydrogens (tertiary/aromatic N) is 1. The van der Waals surface area contributed by atoms with Gasteiger partial charge in [-0.2, -0.15) is 0 Å². The van der Waals surface area contributed by atoms with E-state index in [4.69, 9.17) is 0 Å². The van der Waals surface area contributed by atoms with E-state index in [0.717, 1.165) is 11.1 Å². The van der Waals surface area contributed by atoms with E-state index in [1.54, 1.807) is 24.5 Å². The summed E-state index contributed by atoms with van der Waals surface area (Å²) in [5.74, 6) is 0. The highest BCUT2D eigenvalue weighted by atomic mass is 16.3. The summed E-state index contributed by atoms with van der Waals surface area (Å²) in [6.45, 7) is 0. The summed E-state index contributed by atoms with van der Waals surface area (Å²) in [7, 11) is 0. The number of rotatable bonds is 2. The number of anilines is 1. The molecule has 3 N–H and O–H groups in total. The fourth-order valence-corrected chi connectivity index (χ4v) is 2.49. The second kappa shape index (κ2) is 5.30. The van der Waals surface area contributed by atoms with Gasteiger partial charge in [-0.25, -0.2) is 4.79 Å². The zero-order valence-corrected chi connectivity index (χ0v) is 10.8. The lowest BCUT2D eigenvalue weighted by molar-refractivity contribution is 0.144. The monoisotopic (exact) mass is 269 g/mol. The maximum absolute atomic E-state index is 12.0. The van der Waals surface area contributed by atoms with Gasteiger partial charge in [-0.3, -0.25) is 4.98 Å². The van der Waals surface area contributed by atoms with Crippen LogP contribution >= 0.6 is 0 Å². The van der Waals surface area contributed by atoms with Gasteiger partial charge >= 0.3 is 6.03 Å². The van der Waals surface area contributed by atoms with E-state index >= 15 is 0 Å². The van der Waals surface area contributed by atoms with Crippen molar-refractivity contribution in [3.63, 3.8) is 0 Å². The predicted molar refractivity (Wildman–Crippen MR) is 75.3 cm³/mol. The Morgan fingerprint density at radius 2 is 1.95 bits per heavy atom. The minimum Gasteiger partial charge on any atom is -0.390 e. The van der Waals surface area contributed by atoms with Gasteiger partial charge < -0.3 is 15.7 Å². The fourth-order valence-electron chi connectivity index (χ4n) is 2.49. The summed E-state index contributed by atoms with van der Waals surface area (Å²) < 4.78 is 0. The molecule has 2 amide bonds. The largest absolute Gasteiger partial charge is 0.390 e. The van der Waals surface area contributed by atoms with Gasteiger partial charge in [-0.15, -0.1) is 0 Å². The van der Waals surface area contributed by atoms with Crippen LogP contribution < -0.4 is 10.6 Å². The Labute approximate surface area is 116 Å². The Morgan fingerprint density at radius 3 is 2.75 bits per heavy atom. The lowest BCUT2D eigenvalue weighted by Crippen LogP contribution is -2.36. The summed E-state index contributed by atoms with van der Waals surface area (Å²) in [6.07, 6.45) is 3.19. The highest BCUT2D eigenvalue weighted by molar-refractivity contribution is 5.89. The number of urea groups is 1. The Bertz CT molecular complexity index is 616. The average Bonchev–Trinajstić information content (AvgIpc) is 2.76. The standard InChI is InChI=1S/C15H15N3O2/c19-13-9-10-3-1-2-4-12(10)14(13)18-15(20)17-11-5-7-16-8-6-11/h1-8,13-14,19H,9H2,(H2,16,17,18,20)/t13-,14+/m1/s1. The molecule has 0 aliphatic heterocycles. The van der Waals surface area contributed by atoms with Gasteiger partial charge in [0.05, 0.1) is 12.1 Å². The van der Waals surface area contributed by atoms with Crippen LogP contribution in [0.25, 0.3) is 0 Å². The van der Waals surface area contributed by atoms with Crippen molar-refractivity contribution in [3.8, 4) is 0 Å². The number of fused-ring (bicyclic) bond motifs is 1. The van der Waals surface area contributed by atoms with Crippen molar-refractivity contribution in [2.75, 3.05) is 5.32 Å². The molecule has 2 aromatic rings. The third kappa shape index (κ3) is 2.48. The molecular weight excluding hydrogens is 254 g/mol. The molecule has 0 saturated heterocycles. The lowest BCUT2D eigenvalue weighted by Gasteiger charge is -2.18. The Balaban J connectivity index is 1.70.